The van der Waals surface area contributed by atoms with E-state index in [4.69, 9.17) is 4.74 Å². The maximum atomic E-state index is 11.4. The SMILES string of the molecule is CC(C)N=C(C(=O)O)N(C(C)C)N1CCOCC1. The van der Waals surface area contributed by atoms with Crippen molar-refractivity contribution in [3.63, 3.8) is 0 Å². The molecular formula is C12H23N3O3. The molecule has 0 aromatic carbocycles. The van der Waals surface area contributed by atoms with Gasteiger partial charge in [-0.25, -0.2) is 9.80 Å². The van der Waals surface area contributed by atoms with Crippen molar-refractivity contribution in [2.75, 3.05) is 26.3 Å². The molecule has 1 N–H and O–H groups in total. The molecule has 0 unspecified atom stereocenters. The predicted molar refractivity (Wildman–Crippen MR) is 69.6 cm³/mol. The summed E-state index contributed by atoms with van der Waals surface area (Å²) in [6, 6.07) is 0.00934. The van der Waals surface area contributed by atoms with Crippen LogP contribution in [0, 0.1) is 0 Å². The second kappa shape index (κ2) is 6.70. The normalized spacial score (nSPS) is 18.4. The standard InChI is InChI=1S/C12H23N3O3/c1-9(2)13-11(12(16)17)15(10(3)4)14-5-7-18-8-6-14/h9-10H,5-8H2,1-4H3,(H,16,17). The third kappa shape index (κ3) is 3.96. The van der Waals surface area contributed by atoms with Gasteiger partial charge in [0, 0.05) is 25.2 Å². The molecule has 1 heterocycles. The van der Waals surface area contributed by atoms with Crippen LogP contribution in [-0.4, -0.2) is 65.3 Å². The molecule has 0 aromatic rings. The molecule has 1 saturated heterocycles. The maximum absolute atomic E-state index is 11.4. The number of aliphatic carboxylic acids is 1. The van der Waals surface area contributed by atoms with Gasteiger partial charge in [0.1, 0.15) is 0 Å². The number of rotatable bonds is 3. The Morgan fingerprint density at radius 1 is 1.28 bits per heavy atom. The summed E-state index contributed by atoms with van der Waals surface area (Å²) in [5.41, 5.74) is 0. The topological polar surface area (TPSA) is 65.4 Å². The smallest absolute Gasteiger partial charge is 0.372 e. The quantitative estimate of drug-likeness (QED) is 0.599. The van der Waals surface area contributed by atoms with Crippen molar-refractivity contribution in [2.45, 2.75) is 39.8 Å². The first-order valence-electron chi connectivity index (χ1n) is 6.36. The van der Waals surface area contributed by atoms with Crippen molar-refractivity contribution in [1.29, 1.82) is 0 Å². The Bertz CT molecular complexity index is 310. The van der Waals surface area contributed by atoms with E-state index in [1.54, 1.807) is 5.01 Å². The molecular weight excluding hydrogens is 234 g/mol. The highest BCUT2D eigenvalue weighted by atomic mass is 16.5. The number of hydrazine groups is 1. The summed E-state index contributed by atoms with van der Waals surface area (Å²) in [6.45, 7) is 10.3. The lowest BCUT2D eigenvalue weighted by Gasteiger charge is -2.40. The molecule has 0 atom stereocenters. The van der Waals surface area contributed by atoms with Crippen molar-refractivity contribution < 1.29 is 14.6 Å². The molecule has 0 spiro atoms. The molecule has 1 aliphatic rings. The van der Waals surface area contributed by atoms with Crippen molar-refractivity contribution in [2.24, 2.45) is 4.99 Å². The van der Waals surface area contributed by atoms with E-state index in [2.05, 4.69) is 4.99 Å². The molecule has 18 heavy (non-hydrogen) atoms. The number of carboxylic acids is 1. The molecule has 0 aromatic heterocycles. The maximum Gasteiger partial charge on any atom is 0.372 e. The Hall–Kier alpha value is -1.14. The van der Waals surface area contributed by atoms with Crippen LogP contribution in [0.15, 0.2) is 4.99 Å². The third-order valence-electron chi connectivity index (χ3n) is 2.57. The summed E-state index contributed by atoms with van der Waals surface area (Å²) in [6.07, 6.45) is 0. The monoisotopic (exact) mass is 257 g/mol. The second-order valence-electron chi connectivity index (χ2n) is 4.86. The molecule has 0 saturated carbocycles. The van der Waals surface area contributed by atoms with Crippen LogP contribution in [0.5, 0.6) is 0 Å². The number of carbonyl (C=O) groups is 1. The first-order chi connectivity index (χ1) is 8.43. The van der Waals surface area contributed by atoms with Gasteiger partial charge in [0.15, 0.2) is 0 Å². The van der Waals surface area contributed by atoms with E-state index in [0.29, 0.717) is 26.3 Å². The minimum absolute atomic E-state index is 0.0432. The van der Waals surface area contributed by atoms with E-state index in [0.717, 1.165) is 0 Å². The summed E-state index contributed by atoms with van der Waals surface area (Å²) in [5.74, 6) is -0.870. The number of hydrogen-bond donors (Lipinski definition) is 1. The van der Waals surface area contributed by atoms with Gasteiger partial charge in [-0.3, -0.25) is 10.0 Å². The number of amidine groups is 1. The number of aliphatic imine (C=N–C) groups is 1. The summed E-state index contributed by atoms with van der Waals surface area (Å²) in [7, 11) is 0. The number of carboxylic acid groups (broad SMARTS) is 1. The van der Waals surface area contributed by atoms with E-state index >= 15 is 0 Å². The van der Waals surface area contributed by atoms with Gasteiger partial charge in [-0.05, 0) is 27.7 Å². The number of hydrogen-bond acceptors (Lipinski definition) is 4. The van der Waals surface area contributed by atoms with Gasteiger partial charge in [0.2, 0.25) is 5.84 Å². The van der Waals surface area contributed by atoms with Crippen LogP contribution in [0.1, 0.15) is 27.7 Å². The Balaban J connectivity index is 2.96. The van der Waals surface area contributed by atoms with Gasteiger partial charge < -0.3 is 9.84 Å². The van der Waals surface area contributed by atoms with Gasteiger partial charge in [-0.15, -0.1) is 0 Å². The molecule has 0 radical (unpaired) electrons. The fourth-order valence-corrected chi connectivity index (χ4v) is 1.93. The Kier molecular flexibility index (Phi) is 5.55. The molecule has 1 rings (SSSR count). The molecule has 6 heteroatoms. The number of ether oxygens (including phenoxy) is 1. The Labute approximate surface area is 108 Å². The summed E-state index contributed by atoms with van der Waals surface area (Å²) in [5, 5.41) is 13.1. The summed E-state index contributed by atoms with van der Waals surface area (Å²) >= 11 is 0. The molecule has 1 aliphatic heterocycles. The van der Waals surface area contributed by atoms with Gasteiger partial charge in [0.25, 0.3) is 0 Å². The molecule has 104 valence electrons. The van der Waals surface area contributed by atoms with Crippen LogP contribution in [0.25, 0.3) is 0 Å². The average Bonchev–Trinajstić information content (AvgIpc) is 2.28. The number of morpholine rings is 1. The fraction of sp³-hybridized carbons (Fsp3) is 0.833. The third-order valence-corrected chi connectivity index (χ3v) is 2.57. The Morgan fingerprint density at radius 2 is 1.83 bits per heavy atom. The van der Waals surface area contributed by atoms with Crippen molar-refractivity contribution in [1.82, 2.24) is 10.0 Å². The molecule has 1 fully saturated rings. The fourth-order valence-electron chi connectivity index (χ4n) is 1.93. The highest BCUT2D eigenvalue weighted by molar-refractivity contribution is 6.34. The van der Waals surface area contributed by atoms with Gasteiger partial charge in [0.05, 0.1) is 13.2 Å². The zero-order valence-electron chi connectivity index (χ0n) is 11.6. The Morgan fingerprint density at radius 3 is 2.22 bits per heavy atom. The number of nitrogens with zero attached hydrogens (tertiary/aromatic N) is 3. The van der Waals surface area contributed by atoms with Crippen LogP contribution in [0.3, 0.4) is 0 Å². The zero-order chi connectivity index (χ0) is 13.7. The highest BCUT2D eigenvalue weighted by Gasteiger charge is 2.28. The van der Waals surface area contributed by atoms with E-state index in [9.17, 15) is 9.90 Å². The zero-order valence-corrected chi connectivity index (χ0v) is 11.6. The molecule has 0 amide bonds. The highest BCUT2D eigenvalue weighted by Crippen LogP contribution is 2.10. The average molecular weight is 257 g/mol. The molecule has 0 bridgehead atoms. The van der Waals surface area contributed by atoms with Crippen LogP contribution in [-0.2, 0) is 9.53 Å². The minimum atomic E-state index is -0.983. The minimum Gasteiger partial charge on any atom is -0.475 e. The van der Waals surface area contributed by atoms with Gasteiger partial charge >= 0.3 is 5.97 Å². The van der Waals surface area contributed by atoms with Crippen molar-refractivity contribution in [3.8, 4) is 0 Å². The lowest BCUT2D eigenvalue weighted by molar-refractivity contribution is -0.133. The van der Waals surface area contributed by atoms with Crippen LogP contribution in [0.2, 0.25) is 0 Å². The molecule has 0 aliphatic carbocycles. The van der Waals surface area contributed by atoms with E-state index in [1.807, 2.05) is 32.7 Å². The van der Waals surface area contributed by atoms with Gasteiger partial charge in [-0.2, -0.15) is 0 Å². The van der Waals surface area contributed by atoms with Gasteiger partial charge in [-0.1, -0.05) is 0 Å². The summed E-state index contributed by atoms with van der Waals surface area (Å²) < 4.78 is 5.30. The lowest BCUT2D eigenvalue weighted by Crippen LogP contribution is -2.56. The van der Waals surface area contributed by atoms with Crippen molar-refractivity contribution in [3.05, 3.63) is 0 Å². The van der Waals surface area contributed by atoms with E-state index in [1.165, 1.54) is 0 Å². The van der Waals surface area contributed by atoms with E-state index in [-0.39, 0.29) is 17.9 Å². The largest absolute Gasteiger partial charge is 0.475 e. The first-order valence-corrected chi connectivity index (χ1v) is 6.36. The first kappa shape index (κ1) is 14.9. The van der Waals surface area contributed by atoms with Crippen LogP contribution < -0.4 is 0 Å². The van der Waals surface area contributed by atoms with Crippen LogP contribution in [0.4, 0.5) is 0 Å². The lowest BCUT2D eigenvalue weighted by atomic mass is 10.3. The van der Waals surface area contributed by atoms with Crippen LogP contribution >= 0.6 is 0 Å². The second-order valence-corrected chi connectivity index (χ2v) is 4.86. The summed E-state index contributed by atoms with van der Waals surface area (Å²) in [4.78, 5) is 15.6. The molecule has 6 nitrogen and oxygen atoms in total. The predicted octanol–water partition coefficient (Wildman–Crippen LogP) is 0.836. The van der Waals surface area contributed by atoms with E-state index < -0.39 is 5.97 Å². The van der Waals surface area contributed by atoms with Crippen molar-refractivity contribution >= 4 is 11.8 Å².